The lowest BCUT2D eigenvalue weighted by Gasteiger charge is -2.40. The maximum Gasteiger partial charge on any atom is 0.254 e. The Morgan fingerprint density at radius 3 is 2.39 bits per heavy atom. The van der Waals surface area contributed by atoms with Crippen molar-refractivity contribution in [2.45, 2.75) is 6.04 Å². The average molecular weight is 422 g/mol. The number of rotatable bonds is 6. The van der Waals surface area contributed by atoms with Gasteiger partial charge in [-0.3, -0.25) is 14.7 Å². The highest BCUT2D eigenvalue weighted by molar-refractivity contribution is 5.94. The molecule has 3 aromatic rings. The first-order chi connectivity index (χ1) is 15.1. The molecule has 0 radical (unpaired) electrons. The summed E-state index contributed by atoms with van der Waals surface area (Å²) in [5, 5.41) is 2.88. The zero-order valence-corrected chi connectivity index (χ0v) is 17.0. The van der Waals surface area contributed by atoms with Crippen molar-refractivity contribution in [3.8, 4) is 0 Å². The first-order valence-corrected chi connectivity index (χ1v) is 10.3. The molecule has 160 valence electrons. The maximum absolute atomic E-state index is 14.0. The van der Waals surface area contributed by atoms with Crippen LogP contribution in [0.3, 0.4) is 0 Å². The van der Waals surface area contributed by atoms with Crippen LogP contribution in [0.15, 0.2) is 73.1 Å². The fourth-order valence-corrected chi connectivity index (χ4v) is 3.90. The van der Waals surface area contributed by atoms with E-state index in [0.29, 0.717) is 6.54 Å². The number of benzene rings is 2. The first kappa shape index (κ1) is 20.9. The van der Waals surface area contributed by atoms with E-state index in [4.69, 9.17) is 0 Å². The van der Waals surface area contributed by atoms with Crippen LogP contribution in [0.4, 0.5) is 14.5 Å². The first-order valence-electron chi connectivity index (χ1n) is 10.3. The van der Waals surface area contributed by atoms with E-state index >= 15 is 0 Å². The van der Waals surface area contributed by atoms with E-state index in [2.05, 4.69) is 20.1 Å². The minimum absolute atomic E-state index is 0.0357. The van der Waals surface area contributed by atoms with Gasteiger partial charge in [-0.25, -0.2) is 8.78 Å². The summed E-state index contributed by atoms with van der Waals surface area (Å²) < 4.78 is 27.2. The number of carbonyl (C=O) groups is 1. The largest absolute Gasteiger partial charge is 0.369 e. The summed E-state index contributed by atoms with van der Waals surface area (Å²) in [5.74, 6) is -1.22. The third kappa shape index (κ3) is 5.06. The summed E-state index contributed by atoms with van der Waals surface area (Å²) in [6, 6.07) is 16.3. The molecule has 1 N–H and O–H groups in total. The molecule has 5 nitrogen and oxygen atoms in total. The van der Waals surface area contributed by atoms with Crippen LogP contribution < -0.4 is 10.2 Å². The zero-order chi connectivity index (χ0) is 21.6. The van der Waals surface area contributed by atoms with E-state index in [1.54, 1.807) is 36.7 Å². The average Bonchev–Trinajstić information content (AvgIpc) is 2.81. The van der Waals surface area contributed by atoms with Gasteiger partial charge in [0, 0.05) is 50.8 Å². The fourth-order valence-electron chi connectivity index (χ4n) is 3.90. The molecule has 7 heteroatoms. The van der Waals surface area contributed by atoms with E-state index < -0.39 is 11.7 Å². The lowest BCUT2D eigenvalue weighted by molar-refractivity contribution is 0.0926. The summed E-state index contributed by atoms with van der Waals surface area (Å²) >= 11 is 0. The second kappa shape index (κ2) is 9.66. The van der Waals surface area contributed by atoms with Gasteiger partial charge in [-0.1, -0.05) is 18.2 Å². The fraction of sp³-hybridized carbons (Fsp3) is 0.250. The van der Waals surface area contributed by atoms with Gasteiger partial charge in [-0.2, -0.15) is 0 Å². The molecule has 1 aliphatic heterocycles. The molecule has 4 rings (SSSR count). The number of hydrogen-bond acceptors (Lipinski definition) is 4. The van der Waals surface area contributed by atoms with Crippen molar-refractivity contribution in [1.29, 1.82) is 0 Å². The number of piperazine rings is 1. The molecule has 1 atom stereocenters. The number of halogens is 2. The van der Waals surface area contributed by atoms with Gasteiger partial charge < -0.3 is 10.2 Å². The molecule has 0 aliphatic carbocycles. The summed E-state index contributed by atoms with van der Waals surface area (Å²) in [7, 11) is 0. The molecule has 0 bridgehead atoms. The second-order valence-electron chi connectivity index (χ2n) is 7.49. The number of aromatic nitrogens is 1. The number of nitrogens with one attached hydrogen (secondary N) is 1. The number of nitrogens with zero attached hydrogens (tertiary/aromatic N) is 3. The SMILES string of the molecule is O=C(NCC(c1cccnc1)N1CCN(c2ccc(F)cc2)CC1)c1ccccc1F. The van der Waals surface area contributed by atoms with Gasteiger partial charge in [0.2, 0.25) is 0 Å². The Balaban J connectivity index is 1.44. The van der Waals surface area contributed by atoms with Gasteiger partial charge in [0.15, 0.2) is 0 Å². The molecule has 1 unspecified atom stereocenters. The lowest BCUT2D eigenvalue weighted by atomic mass is 10.1. The van der Waals surface area contributed by atoms with Crippen molar-refractivity contribution < 1.29 is 13.6 Å². The van der Waals surface area contributed by atoms with Gasteiger partial charge >= 0.3 is 0 Å². The van der Waals surface area contributed by atoms with Gasteiger partial charge in [-0.05, 0) is 48.0 Å². The lowest BCUT2D eigenvalue weighted by Crippen LogP contribution is -2.50. The van der Waals surface area contributed by atoms with Gasteiger partial charge in [-0.15, -0.1) is 0 Å². The predicted molar refractivity (Wildman–Crippen MR) is 116 cm³/mol. The topological polar surface area (TPSA) is 48.5 Å². The molecule has 1 aromatic heterocycles. The third-order valence-electron chi connectivity index (χ3n) is 5.59. The van der Waals surface area contributed by atoms with E-state index in [0.717, 1.165) is 37.4 Å². The highest BCUT2D eigenvalue weighted by Gasteiger charge is 2.26. The number of hydrogen-bond donors (Lipinski definition) is 1. The van der Waals surface area contributed by atoms with Crippen LogP contribution in [0.25, 0.3) is 0 Å². The quantitative estimate of drug-likeness (QED) is 0.659. The van der Waals surface area contributed by atoms with Gasteiger partial charge in [0.1, 0.15) is 11.6 Å². The van der Waals surface area contributed by atoms with Crippen LogP contribution in [-0.2, 0) is 0 Å². The third-order valence-corrected chi connectivity index (χ3v) is 5.59. The molecule has 1 saturated heterocycles. The Kier molecular flexibility index (Phi) is 6.52. The van der Waals surface area contributed by atoms with Crippen molar-refractivity contribution in [3.05, 3.63) is 95.8 Å². The highest BCUT2D eigenvalue weighted by atomic mass is 19.1. The van der Waals surface area contributed by atoms with Crippen LogP contribution >= 0.6 is 0 Å². The summed E-state index contributed by atoms with van der Waals surface area (Å²) in [6.45, 7) is 3.45. The molecule has 31 heavy (non-hydrogen) atoms. The van der Waals surface area contributed by atoms with E-state index in [9.17, 15) is 13.6 Å². The Labute approximate surface area is 180 Å². The summed E-state index contributed by atoms with van der Waals surface area (Å²) in [5.41, 5.74) is 2.02. The van der Waals surface area contributed by atoms with Gasteiger partial charge in [0.25, 0.3) is 5.91 Å². The molecule has 2 heterocycles. The Hall–Kier alpha value is -3.32. The molecular formula is C24H24F2N4O. The summed E-state index contributed by atoms with van der Waals surface area (Å²) in [6.07, 6.45) is 3.51. The number of pyridine rings is 1. The predicted octanol–water partition coefficient (Wildman–Crippen LogP) is 3.65. The van der Waals surface area contributed by atoms with Crippen LogP contribution in [0.2, 0.25) is 0 Å². The highest BCUT2D eigenvalue weighted by Crippen LogP contribution is 2.24. The normalized spacial score (nSPS) is 15.5. The zero-order valence-electron chi connectivity index (χ0n) is 17.0. The van der Waals surface area contributed by atoms with Crippen molar-refractivity contribution in [3.63, 3.8) is 0 Å². The molecule has 0 spiro atoms. The van der Waals surface area contributed by atoms with E-state index in [-0.39, 0.29) is 17.4 Å². The Bertz CT molecular complexity index is 1010. The van der Waals surface area contributed by atoms with E-state index in [1.165, 1.54) is 24.3 Å². The second-order valence-corrected chi connectivity index (χ2v) is 7.49. The standard InChI is InChI=1S/C24H24F2N4O/c25-19-7-9-20(10-8-19)29-12-14-30(15-13-29)23(18-4-3-11-27-16-18)17-28-24(31)21-5-1-2-6-22(21)26/h1-11,16,23H,12-15,17H2,(H,28,31). The minimum Gasteiger partial charge on any atom is -0.369 e. The molecule has 1 amide bonds. The number of anilines is 1. The van der Waals surface area contributed by atoms with Crippen LogP contribution in [0.1, 0.15) is 22.0 Å². The van der Waals surface area contributed by atoms with Crippen molar-refractivity contribution in [1.82, 2.24) is 15.2 Å². The molecule has 2 aromatic carbocycles. The summed E-state index contributed by atoms with van der Waals surface area (Å²) in [4.78, 5) is 21.3. The Morgan fingerprint density at radius 2 is 1.71 bits per heavy atom. The van der Waals surface area contributed by atoms with Crippen LogP contribution in [-0.4, -0.2) is 48.5 Å². The van der Waals surface area contributed by atoms with Crippen molar-refractivity contribution in [2.75, 3.05) is 37.6 Å². The number of amides is 1. The van der Waals surface area contributed by atoms with Crippen molar-refractivity contribution >= 4 is 11.6 Å². The van der Waals surface area contributed by atoms with Gasteiger partial charge in [0.05, 0.1) is 11.6 Å². The maximum atomic E-state index is 14.0. The molecule has 1 fully saturated rings. The minimum atomic E-state index is -0.536. The van der Waals surface area contributed by atoms with Crippen LogP contribution in [0.5, 0.6) is 0 Å². The van der Waals surface area contributed by atoms with E-state index in [1.807, 2.05) is 12.1 Å². The molecule has 1 aliphatic rings. The molecule has 0 saturated carbocycles. The monoisotopic (exact) mass is 422 g/mol. The number of carbonyl (C=O) groups excluding carboxylic acids is 1. The molecular weight excluding hydrogens is 398 g/mol. The Morgan fingerprint density at radius 1 is 0.968 bits per heavy atom. The van der Waals surface area contributed by atoms with Crippen molar-refractivity contribution in [2.24, 2.45) is 0 Å². The smallest absolute Gasteiger partial charge is 0.254 e. The van der Waals surface area contributed by atoms with Crippen LogP contribution in [0, 0.1) is 11.6 Å².